The van der Waals surface area contributed by atoms with E-state index in [4.69, 9.17) is 28.2 Å². The number of carbonyl (C=O) groups is 1. The largest absolute Gasteiger partial charge is 0.395 e. The van der Waals surface area contributed by atoms with Crippen molar-refractivity contribution in [3.05, 3.63) is 0 Å². The van der Waals surface area contributed by atoms with Gasteiger partial charge in [0, 0.05) is 13.1 Å². The van der Waals surface area contributed by atoms with E-state index in [1.54, 1.807) is 13.8 Å². The molecular formula is C9H18N2O3S. The molecule has 4 N–H and O–H groups in total. The summed E-state index contributed by atoms with van der Waals surface area (Å²) in [5.41, 5.74) is 4.52. The van der Waals surface area contributed by atoms with E-state index in [2.05, 4.69) is 0 Å². The predicted molar refractivity (Wildman–Crippen MR) is 61.3 cm³/mol. The highest BCUT2D eigenvalue weighted by Gasteiger charge is 2.34. The second kappa shape index (κ2) is 5.99. The van der Waals surface area contributed by atoms with Gasteiger partial charge in [-0.05, 0) is 13.8 Å². The first kappa shape index (κ1) is 14.3. The van der Waals surface area contributed by atoms with E-state index >= 15 is 0 Å². The lowest BCUT2D eigenvalue weighted by atomic mass is 9.91. The molecule has 0 saturated carbocycles. The quantitative estimate of drug-likeness (QED) is 0.519. The van der Waals surface area contributed by atoms with Crippen LogP contribution in [0.1, 0.15) is 13.8 Å². The maximum atomic E-state index is 11.9. The minimum Gasteiger partial charge on any atom is -0.395 e. The van der Waals surface area contributed by atoms with Gasteiger partial charge in [0.1, 0.15) is 0 Å². The molecule has 0 aromatic carbocycles. The Morgan fingerprint density at radius 3 is 2.00 bits per heavy atom. The number of aliphatic hydroxyl groups excluding tert-OH is 2. The van der Waals surface area contributed by atoms with E-state index in [-0.39, 0.29) is 37.2 Å². The molecule has 0 rings (SSSR count). The van der Waals surface area contributed by atoms with Gasteiger partial charge in [-0.3, -0.25) is 4.79 Å². The monoisotopic (exact) mass is 234 g/mol. The van der Waals surface area contributed by atoms with E-state index < -0.39 is 5.41 Å². The first-order chi connectivity index (χ1) is 6.87. The van der Waals surface area contributed by atoms with Gasteiger partial charge in [0.15, 0.2) is 0 Å². The lowest BCUT2D eigenvalue weighted by Crippen LogP contribution is -2.48. The number of aliphatic hydroxyl groups is 2. The van der Waals surface area contributed by atoms with Crippen molar-refractivity contribution in [1.29, 1.82) is 0 Å². The zero-order valence-electron chi connectivity index (χ0n) is 9.06. The Morgan fingerprint density at radius 2 is 1.73 bits per heavy atom. The molecule has 0 aliphatic rings. The fraction of sp³-hybridized carbons (Fsp3) is 0.778. The normalized spacial score (nSPS) is 11.2. The molecule has 0 aromatic heterocycles. The Labute approximate surface area is 94.9 Å². The number of thiocarbonyl (C=S) groups is 1. The Hall–Kier alpha value is -0.720. The molecule has 15 heavy (non-hydrogen) atoms. The van der Waals surface area contributed by atoms with Crippen molar-refractivity contribution in [2.24, 2.45) is 11.1 Å². The minimum atomic E-state index is -0.945. The van der Waals surface area contributed by atoms with Crippen LogP contribution in [0.3, 0.4) is 0 Å². The first-order valence-corrected chi connectivity index (χ1v) is 5.09. The van der Waals surface area contributed by atoms with Gasteiger partial charge in [-0.2, -0.15) is 0 Å². The third-order valence-electron chi connectivity index (χ3n) is 2.18. The zero-order valence-corrected chi connectivity index (χ0v) is 9.88. The van der Waals surface area contributed by atoms with Crippen LogP contribution in [0.5, 0.6) is 0 Å². The van der Waals surface area contributed by atoms with Crippen LogP contribution in [0.15, 0.2) is 0 Å². The molecule has 0 aliphatic heterocycles. The van der Waals surface area contributed by atoms with Gasteiger partial charge < -0.3 is 20.8 Å². The second-order valence-electron chi connectivity index (χ2n) is 3.73. The van der Waals surface area contributed by atoms with E-state index in [9.17, 15) is 4.79 Å². The molecule has 0 aliphatic carbocycles. The van der Waals surface area contributed by atoms with Crippen LogP contribution < -0.4 is 5.73 Å². The fourth-order valence-electron chi connectivity index (χ4n) is 1.06. The summed E-state index contributed by atoms with van der Waals surface area (Å²) in [7, 11) is 0. The molecule has 88 valence electrons. The number of nitrogens with two attached hydrogens (primary N) is 1. The summed E-state index contributed by atoms with van der Waals surface area (Å²) in [5, 5.41) is 17.6. The van der Waals surface area contributed by atoms with Crippen molar-refractivity contribution in [2.75, 3.05) is 26.3 Å². The van der Waals surface area contributed by atoms with Crippen LogP contribution in [0, 0.1) is 5.41 Å². The third-order valence-corrected chi connectivity index (χ3v) is 2.69. The molecule has 0 unspecified atom stereocenters. The van der Waals surface area contributed by atoms with Crippen molar-refractivity contribution in [3.63, 3.8) is 0 Å². The molecule has 0 atom stereocenters. The summed E-state index contributed by atoms with van der Waals surface area (Å²) < 4.78 is 0. The number of amides is 1. The number of hydrogen-bond acceptors (Lipinski definition) is 4. The molecule has 0 heterocycles. The number of hydrogen-bond donors (Lipinski definition) is 3. The zero-order chi connectivity index (χ0) is 12.1. The van der Waals surface area contributed by atoms with Gasteiger partial charge in [-0.1, -0.05) is 12.2 Å². The molecule has 0 aromatic rings. The Kier molecular flexibility index (Phi) is 5.71. The van der Waals surface area contributed by atoms with Gasteiger partial charge in [-0.25, -0.2) is 0 Å². The summed E-state index contributed by atoms with van der Waals surface area (Å²) in [6, 6.07) is 0. The van der Waals surface area contributed by atoms with Crippen LogP contribution in [0.4, 0.5) is 0 Å². The first-order valence-electron chi connectivity index (χ1n) is 4.69. The van der Waals surface area contributed by atoms with Crippen molar-refractivity contribution < 1.29 is 15.0 Å². The second-order valence-corrected chi connectivity index (χ2v) is 4.17. The number of carbonyl (C=O) groups excluding carboxylic acids is 1. The molecule has 0 saturated heterocycles. The van der Waals surface area contributed by atoms with Crippen molar-refractivity contribution in [2.45, 2.75) is 13.8 Å². The molecule has 6 heteroatoms. The van der Waals surface area contributed by atoms with E-state index in [1.165, 1.54) is 4.90 Å². The van der Waals surface area contributed by atoms with Crippen LogP contribution in [-0.2, 0) is 4.79 Å². The predicted octanol–water partition coefficient (Wildman–Crippen LogP) is -0.888. The summed E-state index contributed by atoms with van der Waals surface area (Å²) in [6.45, 7) is 3.29. The fourth-order valence-corrected chi connectivity index (χ4v) is 1.14. The van der Waals surface area contributed by atoms with Gasteiger partial charge >= 0.3 is 0 Å². The number of rotatable bonds is 6. The third kappa shape index (κ3) is 3.73. The molecule has 0 fully saturated rings. The average molecular weight is 234 g/mol. The molecule has 0 radical (unpaired) electrons. The maximum absolute atomic E-state index is 11.9. The highest BCUT2D eigenvalue weighted by Crippen LogP contribution is 2.19. The highest BCUT2D eigenvalue weighted by molar-refractivity contribution is 7.80. The topological polar surface area (TPSA) is 86.8 Å². The van der Waals surface area contributed by atoms with Gasteiger partial charge in [0.05, 0.1) is 23.6 Å². The average Bonchev–Trinajstić information content (AvgIpc) is 2.16. The van der Waals surface area contributed by atoms with E-state index in [0.29, 0.717) is 0 Å². The standard InChI is InChI=1S/C9H18N2O3S/c1-9(2,7(10)15)8(14)11(3-5-12)4-6-13/h12-13H,3-6H2,1-2H3,(H2,10,15). The smallest absolute Gasteiger partial charge is 0.235 e. The van der Waals surface area contributed by atoms with E-state index in [0.717, 1.165) is 0 Å². The van der Waals surface area contributed by atoms with Crippen molar-refractivity contribution >= 4 is 23.1 Å². The summed E-state index contributed by atoms with van der Waals surface area (Å²) >= 11 is 4.80. The highest BCUT2D eigenvalue weighted by atomic mass is 32.1. The van der Waals surface area contributed by atoms with Crippen molar-refractivity contribution in [1.82, 2.24) is 4.90 Å². The van der Waals surface area contributed by atoms with Crippen LogP contribution in [0.25, 0.3) is 0 Å². The lowest BCUT2D eigenvalue weighted by Gasteiger charge is -2.30. The van der Waals surface area contributed by atoms with Crippen LogP contribution in [-0.4, -0.2) is 52.3 Å². The molecular weight excluding hydrogens is 216 g/mol. The van der Waals surface area contributed by atoms with Gasteiger partial charge in [0.2, 0.25) is 5.91 Å². The molecule has 5 nitrogen and oxygen atoms in total. The van der Waals surface area contributed by atoms with Crippen LogP contribution in [0.2, 0.25) is 0 Å². The Balaban J connectivity index is 4.68. The Bertz CT molecular complexity index is 238. The lowest BCUT2D eigenvalue weighted by molar-refractivity contribution is -0.138. The number of nitrogens with zero attached hydrogens (tertiary/aromatic N) is 1. The van der Waals surface area contributed by atoms with Gasteiger partial charge in [-0.15, -0.1) is 0 Å². The molecule has 1 amide bonds. The minimum absolute atomic E-state index is 0.105. The summed E-state index contributed by atoms with van der Waals surface area (Å²) in [5.74, 6) is -0.280. The summed E-state index contributed by atoms with van der Waals surface area (Å²) in [6.07, 6.45) is 0. The van der Waals surface area contributed by atoms with Crippen LogP contribution >= 0.6 is 12.2 Å². The molecule has 0 spiro atoms. The molecule has 0 bridgehead atoms. The van der Waals surface area contributed by atoms with E-state index in [1.807, 2.05) is 0 Å². The Morgan fingerprint density at radius 1 is 1.33 bits per heavy atom. The van der Waals surface area contributed by atoms with Crippen molar-refractivity contribution in [3.8, 4) is 0 Å². The SMILES string of the molecule is CC(C)(C(=O)N(CCO)CCO)C(N)=S. The maximum Gasteiger partial charge on any atom is 0.235 e. The summed E-state index contributed by atoms with van der Waals surface area (Å²) in [4.78, 5) is 13.4. The van der Waals surface area contributed by atoms with Gasteiger partial charge in [0.25, 0.3) is 0 Å².